The van der Waals surface area contributed by atoms with Crippen molar-refractivity contribution in [3.63, 3.8) is 0 Å². The first-order valence-electron chi connectivity index (χ1n) is 14.0. The fraction of sp³-hybridized carbons (Fsp3) is 0.323. The van der Waals surface area contributed by atoms with E-state index in [1.54, 1.807) is 53.4 Å². The predicted octanol–water partition coefficient (Wildman–Crippen LogP) is 4.88. The molecule has 0 unspecified atom stereocenters. The number of carbonyl (C=O) groups excluding carboxylic acids is 2. The number of aliphatic carboxylic acids is 1. The highest BCUT2D eigenvalue weighted by Gasteiger charge is 2.26. The third kappa shape index (κ3) is 7.22. The normalized spacial score (nSPS) is 13.2. The molecule has 2 aromatic carbocycles. The molecule has 11 heteroatoms. The van der Waals surface area contributed by atoms with E-state index >= 15 is 0 Å². The van der Waals surface area contributed by atoms with Crippen LogP contribution in [0.2, 0.25) is 0 Å². The molecule has 4 rings (SSSR count). The number of nitrogens with zero attached hydrogens (tertiary/aromatic N) is 5. The van der Waals surface area contributed by atoms with Crippen molar-refractivity contribution in [2.24, 2.45) is 0 Å². The Morgan fingerprint density at radius 1 is 1.07 bits per heavy atom. The summed E-state index contributed by atoms with van der Waals surface area (Å²) in [6.45, 7) is 10.2. The van der Waals surface area contributed by atoms with Gasteiger partial charge in [0.2, 0.25) is 5.95 Å². The third-order valence-corrected chi connectivity index (χ3v) is 6.99. The van der Waals surface area contributed by atoms with E-state index in [0.717, 1.165) is 12.8 Å². The molecule has 1 aliphatic rings. The summed E-state index contributed by atoms with van der Waals surface area (Å²) in [6.07, 6.45) is 4.34. The topological polar surface area (TPSA) is 128 Å². The lowest BCUT2D eigenvalue weighted by atomic mass is 10.1. The highest BCUT2D eigenvalue weighted by Crippen LogP contribution is 2.33. The Bertz CT molecular complexity index is 1390. The summed E-state index contributed by atoms with van der Waals surface area (Å²) in [5.41, 5.74) is 1.55. The van der Waals surface area contributed by atoms with Crippen LogP contribution in [0.25, 0.3) is 0 Å². The van der Waals surface area contributed by atoms with Crippen LogP contribution in [0.1, 0.15) is 32.3 Å². The van der Waals surface area contributed by atoms with Crippen LogP contribution in [0.5, 0.6) is 5.75 Å². The van der Waals surface area contributed by atoms with Crippen molar-refractivity contribution in [1.29, 1.82) is 0 Å². The molecule has 0 bridgehead atoms. The van der Waals surface area contributed by atoms with Gasteiger partial charge in [-0.25, -0.2) is 14.6 Å². The Labute approximate surface area is 245 Å². The van der Waals surface area contributed by atoms with Crippen molar-refractivity contribution >= 4 is 41.1 Å². The van der Waals surface area contributed by atoms with Crippen LogP contribution < -0.4 is 19.9 Å². The fourth-order valence-corrected chi connectivity index (χ4v) is 4.71. The zero-order chi connectivity index (χ0) is 30.1. The van der Waals surface area contributed by atoms with E-state index in [2.05, 4.69) is 21.9 Å². The lowest BCUT2D eigenvalue weighted by Crippen LogP contribution is -2.34. The minimum Gasteiger partial charge on any atom is -0.480 e. The van der Waals surface area contributed by atoms with Crippen LogP contribution in [-0.4, -0.2) is 70.2 Å². The van der Waals surface area contributed by atoms with Crippen molar-refractivity contribution in [1.82, 2.24) is 14.9 Å². The molecule has 2 heterocycles. The molecule has 1 fully saturated rings. The number of hydrogen-bond acceptors (Lipinski definition) is 8. The number of ether oxygens (including phenoxy) is 1. The van der Waals surface area contributed by atoms with Gasteiger partial charge >= 0.3 is 12.1 Å². The number of hydrogen-bond donors (Lipinski definition) is 2. The molecule has 0 radical (unpaired) electrons. The standard InChI is InChI=1S/C31H36N6O5/c1-4-27(38)37(23-12-8-7-9-13-23)26-21-32-30(35(5-2)6-3)34-28(26)33-25(29(39)40)20-22-14-16-24(17-15-22)42-31(41)36-18-10-11-19-36/h4,7-9,12-17,21,25H,1,5-6,10-11,18-20H2,2-3H3,(H,39,40)(H,32,33,34)/t25-/m0/s1. The van der Waals surface area contributed by atoms with Gasteiger partial charge in [0.1, 0.15) is 17.5 Å². The second kappa shape index (κ2) is 14.1. The molecular weight excluding hydrogens is 536 g/mol. The Morgan fingerprint density at radius 2 is 1.74 bits per heavy atom. The van der Waals surface area contributed by atoms with Crippen molar-refractivity contribution in [2.45, 2.75) is 39.2 Å². The summed E-state index contributed by atoms with van der Waals surface area (Å²) in [7, 11) is 0. The second-order valence-corrected chi connectivity index (χ2v) is 9.73. The maximum absolute atomic E-state index is 13.1. The van der Waals surface area contributed by atoms with Crippen LogP contribution in [0, 0.1) is 0 Å². The fourth-order valence-electron chi connectivity index (χ4n) is 4.71. The van der Waals surface area contributed by atoms with Crippen molar-refractivity contribution < 1.29 is 24.2 Å². The molecule has 220 valence electrons. The van der Waals surface area contributed by atoms with Crippen LogP contribution in [-0.2, 0) is 16.0 Å². The van der Waals surface area contributed by atoms with Gasteiger partial charge in [0.25, 0.3) is 5.91 Å². The molecule has 0 spiro atoms. The van der Waals surface area contributed by atoms with Gasteiger partial charge in [-0.1, -0.05) is 36.9 Å². The van der Waals surface area contributed by atoms with Gasteiger partial charge in [0.15, 0.2) is 5.82 Å². The van der Waals surface area contributed by atoms with E-state index in [1.165, 1.54) is 17.2 Å². The summed E-state index contributed by atoms with van der Waals surface area (Å²) >= 11 is 0. The lowest BCUT2D eigenvalue weighted by Gasteiger charge is -2.27. The number of aromatic nitrogens is 2. The Balaban J connectivity index is 1.63. The molecule has 11 nitrogen and oxygen atoms in total. The number of benzene rings is 2. The quantitative estimate of drug-likeness (QED) is 0.292. The number of carboxylic acids is 1. The lowest BCUT2D eigenvalue weighted by molar-refractivity contribution is -0.137. The van der Waals surface area contributed by atoms with Gasteiger partial charge in [-0.05, 0) is 62.6 Å². The van der Waals surface area contributed by atoms with E-state index in [-0.39, 0.29) is 24.0 Å². The maximum atomic E-state index is 13.1. The highest BCUT2D eigenvalue weighted by molar-refractivity contribution is 6.08. The number of nitrogens with one attached hydrogen (secondary N) is 1. The first-order chi connectivity index (χ1) is 20.3. The molecule has 1 aliphatic heterocycles. The predicted molar refractivity (Wildman–Crippen MR) is 161 cm³/mol. The van der Waals surface area contributed by atoms with E-state index in [1.807, 2.05) is 24.8 Å². The van der Waals surface area contributed by atoms with Gasteiger partial charge in [0, 0.05) is 38.3 Å². The van der Waals surface area contributed by atoms with E-state index in [4.69, 9.17) is 4.74 Å². The van der Waals surface area contributed by atoms with E-state index < -0.39 is 17.9 Å². The average Bonchev–Trinajstić information content (AvgIpc) is 3.55. The zero-order valence-electron chi connectivity index (χ0n) is 23.9. The van der Waals surface area contributed by atoms with Crippen molar-refractivity contribution in [2.75, 3.05) is 41.3 Å². The molecule has 1 saturated heterocycles. The van der Waals surface area contributed by atoms with Crippen molar-refractivity contribution in [3.05, 3.63) is 79.0 Å². The first-order valence-corrected chi connectivity index (χ1v) is 14.0. The van der Waals surface area contributed by atoms with Gasteiger partial charge in [-0.15, -0.1) is 0 Å². The summed E-state index contributed by atoms with van der Waals surface area (Å²) in [5.74, 6) is -0.545. The van der Waals surface area contributed by atoms with Crippen LogP contribution in [0.15, 0.2) is 73.4 Å². The maximum Gasteiger partial charge on any atom is 0.415 e. The van der Waals surface area contributed by atoms with Gasteiger partial charge in [-0.2, -0.15) is 4.98 Å². The third-order valence-electron chi connectivity index (χ3n) is 6.99. The van der Waals surface area contributed by atoms with E-state index in [9.17, 15) is 19.5 Å². The Hall–Kier alpha value is -4.93. The molecule has 2 N–H and O–H groups in total. The molecular formula is C31H36N6O5. The van der Waals surface area contributed by atoms with Crippen molar-refractivity contribution in [3.8, 4) is 5.75 Å². The summed E-state index contributed by atoms with van der Waals surface area (Å²) in [4.78, 5) is 52.0. The summed E-state index contributed by atoms with van der Waals surface area (Å²) < 4.78 is 5.46. The van der Waals surface area contributed by atoms with Crippen LogP contribution in [0.4, 0.5) is 27.9 Å². The zero-order valence-corrected chi connectivity index (χ0v) is 23.9. The van der Waals surface area contributed by atoms with Gasteiger partial charge in [0.05, 0.1) is 6.20 Å². The number of carbonyl (C=O) groups is 3. The number of para-hydroxylation sites is 1. The highest BCUT2D eigenvalue weighted by atomic mass is 16.6. The van der Waals surface area contributed by atoms with Gasteiger partial charge in [-0.3, -0.25) is 9.69 Å². The first kappa shape index (κ1) is 30.0. The smallest absolute Gasteiger partial charge is 0.415 e. The molecule has 1 aromatic heterocycles. The van der Waals surface area contributed by atoms with Crippen LogP contribution in [0.3, 0.4) is 0 Å². The second-order valence-electron chi connectivity index (χ2n) is 9.73. The number of amides is 2. The molecule has 2 amide bonds. The molecule has 3 aromatic rings. The van der Waals surface area contributed by atoms with Gasteiger partial charge < -0.3 is 25.0 Å². The summed E-state index contributed by atoms with van der Waals surface area (Å²) in [6, 6.07) is 14.6. The Morgan fingerprint density at radius 3 is 2.33 bits per heavy atom. The Kier molecular flexibility index (Phi) is 10.1. The number of anilines is 4. The number of rotatable bonds is 12. The number of carboxylic acid groups (broad SMARTS) is 1. The average molecular weight is 573 g/mol. The van der Waals surface area contributed by atoms with E-state index in [0.29, 0.717) is 49.1 Å². The van der Waals surface area contributed by atoms with Crippen LogP contribution >= 0.6 is 0 Å². The minimum atomic E-state index is -1.10. The number of likely N-dealkylation sites (tertiary alicyclic amines) is 1. The SMILES string of the molecule is C=CC(=O)N(c1ccccc1)c1cnc(N(CC)CC)nc1N[C@@H](Cc1ccc(OC(=O)N2CCCC2)cc1)C(=O)O. The summed E-state index contributed by atoms with van der Waals surface area (Å²) in [5, 5.41) is 13.2. The molecule has 1 atom stereocenters. The largest absolute Gasteiger partial charge is 0.480 e. The molecule has 42 heavy (non-hydrogen) atoms. The molecule has 0 aliphatic carbocycles. The molecule has 0 saturated carbocycles. The minimum absolute atomic E-state index is 0.0977. The monoisotopic (exact) mass is 572 g/mol.